The molecule has 11 heavy (non-hydrogen) atoms. The summed E-state index contributed by atoms with van der Waals surface area (Å²) >= 11 is 5.69. The molecule has 0 radical (unpaired) electrons. The summed E-state index contributed by atoms with van der Waals surface area (Å²) in [5, 5.41) is 0.549. The molecule has 0 bridgehead atoms. The number of hydrogen-bond acceptors (Lipinski definition) is 2. The molecule has 1 aromatic rings. The zero-order chi connectivity index (χ0) is 8.43. The minimum atomic E-state index is 0.549. The molecule has 0 saturated heterocycles. The van der Waals surface area contributed by atoms with Gasteiger partial charge in [-0.2, -0.15) is 0 Å². The van der Waals surface area contributed by atoms with Crippen LogP contribution in [-0.4, -0.2) is 19.1 Å². The van der Waals surface area contributed by atoms with Gasteiger partial charge in [-0.1, -0.05) is 11.6 Å². The van der Waals surface area contributed by atoms with Gasteiger partial charge in [0.05, 0.1) is 11.9 Å². The van der Waals surface area contributed by atoms with E-state index in [1.54, 1.807) is 6.20 Å². The summed E-state index contributed by atoms with van der Waals surface area (Å²) in [5.74, 6) is 0. The minimum Gasteiger partial charge on any atom is -0.376 e. The predicted molar refractivity (Wildman–Crippen MR) is 48.3 cm³/mol. The molecule has 0 aliphatic heterocycles. The Morgan fingerprint density at radius 3 is 2.55 bits per heavy atom. The van der Waals surface area contributed by atoms with Gasteiger partial charge in [-0.15, -0.1) is 0 Å². The molecular weight excluding hydrogens is 160 g/mol. The summed E-state index contributed by atoms with van der Waals surface area (Å²) in [5.41, 5.74) is 2.25. The van der Waals surface area contributed by atoms with E-state index in [0.717, 1.165) is 11.3 Å². The molecule has 0 amide bonds. The third-order valence-corrected chi connectivity index (χ3v) is 1.74. The fourth-order valence-electron chi connectivity index (χ4n) is 0.983. The quantitative estimate of drug-likeness (QED) is 0.601. The number of pyridine rings is 1. The van der Waals surface area contributed by atoms with Crippen molar-refractivity contribution in [2.75, 3.05) is 19.0 Å². The third kappa shape index (κ3) is 1.84. The van der Waals surface area contributed by atoms with Crippen molar-refractivity contribution in [3.63, 3.8) is 0 Å². The van der Waals surface area contributed by atoms with E-state index in [9.17, 15) is 0 Å². The second-order valence-electron chi connectivity index (χ2n) is 2.69. The average Bonchev–Trinajstić information content (AvgIpc) is 1.85. The van der Waals surface area contributed by atoms with Crippen LogP contribution in [0.3, 0.4) is 0 Å². The van der Waals surface area contributed by atoms with Gasteiger partial charge in [0.15, 0.2) is 0 Å². The number of halogens is 1. The fraction of sp³-hybridized carbons (Fsp3) is 0.375. The molecule has 0 aliphatic rings. The van der Waals surface area contributed by atoms with E-state index in [-0.39, 0.29) is 0 Å². The van der Waals surface area contributed by atoms with Crippen LogP contribution >= 0.6 is 11.6 Å². The van der Waals surface area contributed by atoms with Gasteiger partial charge in [0.2, 0.25) is 0 Å². The minimum absolute atomic E-state index is 0.549. The smallest absolute Gasteiger partial charge is 0.129 e. The molecule has 60 valence electrons. The first-order valence-corrected chi connectivity index (χ1v) is 3.78. The van der Waals surface area contributed by atoms with Gasteiger partial charge in [-0.05, 0) is 18.6 Å². The molecule has 1 rings (SSSR count). The van der Waals surface area contributed by atoms with Crippen molar-refractivity contribution in [2.24, 2.45) is 0 Å². The summed E-state index contributed by atoms with van der Waals surface area (Å²) in [6, 6.07) is 1.86. The highest BCUT2D eigenvalue weighted by Crippen LogP contribution is 2.18. The Hall–Kier alpha value is -0.760. The van der Waals surface area contributed by atoms with Crippen LogP contribution in [0.1, 0.15) is 5.56 Å². The number of aryl methyl sites for hydroxylation is 1. The first-order chi connectivity index (χ1) is 5.11. The van der Waals surface area contributed by atoms with Gasteiger partial charge in [0.1, 0.15) is 5.15 Å². The zero-order valence-corrected chi connectivity index (χ0v) is 7.68. The van der Waals surface area contributed by atoms with Crippen molar-refractivity contribution in [1.82, 2.24) is 4.98 Å². The molecule has 0 spiro atoms. The molecule has 0 saturated carbocycles. The standard InChI is InChI=1S/C8H11ClN2/c1-6-4-8(9)10-5-7(6)11(2)3/h4-5H,1-3H3. The molecule has 3 heteroatoms. The summed E-state index contributed by atoms with van der Waals surface area (Å²) in [6.45, 7) is 2.02. The molecule has 0 unspecified atom stereocenters. The molecule has 0 fully saturated rings. The molecule has 0 N–H and O–H groups in total. The van der Waals surface area contributed by atoms with E-state index < -0.39 is 0 Å². The molecule has 2 nitrogen and oxygen atoms in total. The first kappa shape index (κ1) is 8.34. The topological polar surface area (TPSA) is 16.1 Å². The Kier molecular flexibility index (Phi) is 2.35. The van der Waals surface area contributed by atoms with Crippen molar-refractivity contribution in [3.05, 3.63) is 23.0 Å². The van der Waals surface area contributed by atoms with Crippen molar-refractivity contribution >= 4 is 17.3 Å². The van der Waals surface area contributed by atoms with Crippen LogP contribution in [0.15, 0.2) is 12.3 Å². The number of rotatable bonds is 1. The Balaban J connectivity index is 3.09. The van der Waals surface area contributed by atoms with Crippen LogP contribution in [0.5, 0.6) is 0 Å². The van der Waals surface area contributed by atoms with Crippen LogP contribution in [0.2, 0.25) is 5.15 Å². The lowest BCUT2D eigenvalue weighted by molar-refractivity contribution is 1.09. The summed E-state index contributed by atoms with van der Waals surface area (Å²) in [4.78, 5) is 6.00. The fourth-order valence-corrected chi connectivity index (χ4v) is 1.20. The van der Waals surface area contributed by atoms with Gasteiger partial charge in [0, 0.05) is 14.1 Å². The maximum absolute atomic E-state index is 5.69. The summed E-state index contributed by atoms with van der Waals surface area (Å²) in [6.07, 6.45) is 1.78. The molecule has 1 heterocycles. The summed E-state index contributed by atoms with van der Waals surface area (Å²) in [7, 11) is 3.97. The predicted octanol–water partition coefficient (Wildman–Crippen LogP) is 2.11. The highest BCUT2D eigenvalue weighted by atomic mass is 35.5. The summed E-state index contributed by atoms with van der Waals surface area (Å²) < 4.78 is 0. The Morgan fingerprint density at radius 2 is 2.09 bits per heavy atom. The third-order valence-electron chi connectivity index (χ3n) is 1.53. The number of nitrogens with zero attached hydrogens (tertiary/aromatic N) is 2. The van der Waals surface area contributed by atoms with Crippen molar-refractivity contribution in [1.29, 1.82) is 0 Å². The van der Waals surface area contributed by atoms with Crippen LogP contribution < -0.4 is 4.90 Å². The highest BCUT2D eigenvalue weighted by molar-refractivity contribution is 6.29. The van der Waals surface area contributed by atoms with Crippen molar-refractivity contribution < 1.29 is 0 Å². The number of aromatic nitrogens is 1. The molecule has 1 aromatic heterocycles. The normalized spacial score (nSPS) is 9.82. The van der Waals surface area contributed by atoms with Crippen LogP contribution in [0.25, 0.3) is 0 Å². The maximum atomic E-state index is 5.69. The van der Waals surface area contributed by atoms with Gasteiger partial charge < -0.3 is 4.90 Å². The van der Waals surface area contributed by atoms with Gasteiger partial charge in [-0.3, -0.25) is 0 Å². The van der Waals surface area contributed by atoms with Gasteiger partial charge >= 0.3 is 0 Å². The van der Waals surface area contributed by atoms with E-state index in [1.165, 1.54) is 0 Å². The van der Waals surface area contributed by atoms with Gasteiger partial charge in [-0.25, -0.2) is 4.98 Å². The van der Waals surface area contributed by atoms with Crippen LogP contribution in [-0.2, 0) is 0 Å². The molecule has 0 aliphatic carbocycles. The van der Waals surface area contributed by atoms with Crippen LogP contribution in [0.4, 0.5) is 5.69 Å². The van der Waals surface area contributed by atoms with E-state index >= 15 is 0 Å². The second-order valence-corrected chi connectivity index (χ2v) is 3.08. The SMILES string of the molecule is Cc1cc(Cl)ncc1N(C)C. The molecular formula is C8H11ClN2. The molecule has 0 aromatic carbocycles. The second kappa shape index (κ2) is 3.09. The number of anilines is 1. The van der Waals surface area contributed by atoms with E-state index in [0.29, 0.717) is 5.15 Å². The lowest BCUT2D eigenvalue weighted by Gasteiger charge is -2.14. The number of hydrogen-bond donors (Lipinski definition) is 0. The maximum Gasteiger partial charge on any atom is 0.129 e. The van der Waals surface area contributed by atoms with E-state index in [4.69, 9.17) is 11.6 Å². The first-order valence-electron chi connectivity index (χ1n) is 3.40. The molecule has 0 atom stereocenters. The largest absolute Gasteiger partial charge is 0.376 e. The lowest BCUT2D eigenvalue weighted by atomic mass is 10.2. The van der Waals surface area contributed by atoms with E-state index in [1.807, 2.05) is 32.0 Å². The van der Waals surface area contributed by atoms with E-state index in [2.05, 4.69) is 4.98 Å². The van der Waals surface area contributed by atoms with Gasteiger partial charge in [0.25, 0.3) is 0 Å². The monoisotopic (exact) mass is 170 g/mol. The highest BCUT2D eigenvalue weighted by Gasteiger charge is 2.00. The average molecular weight is 171 g/mol. The Bertz CT molecular complexity index is 258. The Labute approximate surface area is 71.8 Å². The van der Waals surface area contributed by atoms with Crippen molar-refractivity contribution in [2.45, 2.75) is 6.92 Å². The zero-order valence-electron chi connectivity index (χ0n) is 6.93. The van der Waals surface area contributed by atoms with Crippen LogP contribution in [0, 0.1) is 6.92 Å². The van der Waals surface area contributed by atoms with Crippen molar-refractivity contribution in [3.8, 4) is 0 Å². The Morgan fingerprint density at radius 1 is 1.45 bits per heavy atom. The lowest BCUT2D eigenvalue weighted by Crippen LogP contribution is -2.10.